The van der Waals surface area contributed by atoms with Crippen LogP contribution in [0.15, 0.2) is 30.6 Å². The number of aryl methyl sites for hydroxylation is 1. The second kappa shape index (κ2) is 6.08. The Labute approximate surface area is 108 Å². The second-order valence-corrected chi connectivity index (χ2v) is 4.00. The molecule has 0 saturated carbocycles. The minimum absolute atomic E-state index is 0.280. The Kier molecular flexibility index (Phi) is 4.22. The lowest BCUT2D eigenvalue weighted by Crippen LogP contribution is -2.26. The summed E-state index contributed by atoms with van der Waals surface area (Å²) in [5.41, 5.74) is -0.280. The van der Waals surface area contributed by atoms with E-state index in [1.165, 1.54) is 12.1 Å². The molecule has 0 bridgehead atoms. The summed E-state index contributed by atoms with van der Waals surface area (Å²) in [6.45, 7) is 0.371. The average Bonchev–Trinajstić information content (AvgIpc) is 2.91. The topological polar surface area (TPSA) is 57.8 Å². The maximum Gasteiger partial charge on any atom is 0.254 e. The van der Waals surface area contributed by atoms with Gasteiger partial charge >= 0.3 is 0 Å². The zero-order chi connectivity index (χ0) is 13.7. The van der Waals surface area contributed by atoms with E-state index in [9.17, 15) is 13.6 Å². The van der Waals surface area contributed by atoms with Crippen molar-refractivity contribution in [1.29, 1.82) is 0 Å². The number of rotatable bonds is 5. The lowest BCUT2D eigenvalue weighted by atomic mass is 10.2. The van der Waals surface area contributed by atoms with Gasteiger partial charge in [0.1, 0.15) is 5.82 Å². The number of carbonyl (C=O) groups excluding carboxylic acids is 1. The number of nitrogens with zero attached hydrogens (tertiary/aromatic N) is 1. The van der Waals surface area contributed by atoms with Crippen LogP contribution in [-0.2, 0) is 6.42 Å². The zero-order valence-electron chi connectivity index (χ0n) is 10.1. The minimum Gasteiger partial charge on any atom is -0.352 e. The van der Waals surface area contributed by atoms with Gasteiger partial charge in [0.15, 0.2) is 11.6 Å². The number of hydrogen-bond donors (Lipinski definition) is 2. The number of nitrogens with one attached hydrogen (secondary N) is 2. The third kappa shape index (κ3) is 3.37. The van der Waals surface area contributed by atoms with Crippen LogP contribution in [0.5, 0.6) is 0 Å². The molecular formula is C13H13F2N3O. The molecule has 0 saturated heterocycles. The highest BCUT2D eigenvalue weighted by atomic mass is 19.2. The molecule has 1 aromatic heterocycles. The van der Waals surface area contributed by atoms with Crippen LogP contribution in [0.25, 0.3) is 0 Å². The van der Waals surface area contributed by atoms with Crippen molar-refractivity contribution in [3.05, 3.63) is 53.6 Å². The van der Waals surface area contributed by atoms with E-state index >= 15 is 0 Å². The number of imidazole rings is 1. The summed E-state index contributed by atoms with van der Waals surface area (Å²) in [6.07, 6.45) is 4.71. The number of benzene rings is 1. The van der Waals surface area contributed by atoms with E-state index in [1.807, 2.05) is 0 Å². The number of amides is 1. The molecule has 0 aliphatic rings. The van der Waals surface area contributed by atoms with E-state index in [0.717, 1.165) is 11.9 Å². The van der Waals surface area contributed by atoms with Crippen LogP contribution in [0.1, 0.15) is 22.6 Å². The number of aromatic nitrogens is 2. The van der Waals surface area contributed by atoms with Gasteiger partial charge in [-0.15, -0.1) is 0 Å². The van der Waals surface area contributed by atoms with Gasteiger partial charge < -0.3 is 10.3 Å². The maximum atomic E-state index is 13.3. The predicted molar refractivity (Wildman–Crippen MR) is 65.6 cm³/mol. The molecule has 2 rings (SSSR count). The fraction of sp³-hybridized carbons (Fsp3) is 0.231. The lowest BCUT2D eigenvalue weighted by molar-refractivity contribution is 0.0948. The maximum absolute atomic E-state index is 13.3. The van der Waals surface area contributed by atoms with Crippen LogP contribution < -0.4 is 5.32 Å². The average molecular weight is 265 g/mol. The number of hydrogen-bond acceptors (Lipinski definition) is 2. The largest absolute Gasteiger partial charge is 0.352 e. The van der Waals surface area contributed by atoms with Crippen LogP contribution in [0.3, 0.4) is 0 Å². The Bertz CT molecular complexity index is 555. The van der Waals surface area contributed by atoms with Crippen LogP contribution in [-0.4, -0.2) is 22.4 Å². The van der Waals surface area contributed by atoms with Crippen LogP contribution in [0.2, 0.25) is 0 Å². The molecule has 0 unspecified atom stereocenters. The van der Waals surface area contributed by atoms with Gasteiger partial charge in [0.2, 0.25) is 0 Å². The Morgan fingerprint density at radius 3 is 2.95 bits per heavy atom. The molecule has 0 aliphatic carbocycles. The van der Waals surface area contributed by atoms with Crippen molar-refractivity contribution in [2.45, 2.75) is 12.8 Å². The quantitative estimate of drug-likeness (QED) is 0.813. The first-order valence-corrected chi connectivity index (χ1v) is 5.89. The normalized spacial score (nSPS) is 10.4. The molecule has 6 heteroatoms. The smallest absolute Gasteiger partial charge is 0.254 e. The summed E-state index contributed by atoms with van der Waals surface area (Å²) in [6, 6.07) is 3.53. The summed E-state index contributed by atoms with van der Waals surface area (Å²) in [7, 11) is 0. The molecule has 1 amide bonds. The van der Waals surface area contributed by atoms with Crippen molar-refractivity contribution in [1.82, 2.24) is 15.3 Å². The molecule has 0 fully saturated rings. The van der Waals surface area contributed by atoms with Gasteiger partial charge in [-0.05, 0) is 18.6 Å². The Morgan fingerprint density at radius 2 is 2.21 bits per heavy atom. The van der Waals surface area contributed by atoms with Crippen molar-refractivity contribution in [2.24, 2.45) is 0 Å². The highest BCUT2D eigenvalue weighted by Gasteiger charge is 2.14. The lowest BCUT2D eigenvalue weighted by Gasteiger charge is -2.05. The highest BCUT2D eigenvalue weighted by Crippen LogP contribution is 2.10. The minimum atomic E-state index is -1.12. The number of carbonyl (C=O) groups is 1. The summed E-state index contributed by atoms with van der Waals surface area (Å²) >= 11 is 0. The van der Waals surface area contributed by atoms with E-state index in [1.54, 1.807) is 12.4 Å². The van der Waals surface area contributed by atoms with E-state index < -0.39 is 17.5 Å². The number of halogens is 2. The summed E-state index contributed by atoms with van der Waals surface area (Å²) < 4.78 is 26.3. The van der Waals surface area contributed by atoms with E-state index in [-0.39, 0.29) is 5.56 Å². The Morgan fingerprint density at radius 1 is 1.37 bits per heavy atom. The molecule has 0 atom stereocenters. The van der Waals surface area contributed by atoms with Crippen molar-refractivity contribution in [3.63, 3.8) is 0 Å². The fourth-order valence-corrected chi connectivity index (χ4v) is 1.67. The van der Waals surface area contributed by atoms with E-state index in [0.29, 0.717) is 19.4 Å². The molecule has 0 radical (unpaired) electrons. The summed E-state index contributed by atoms with van der Waals surface area (Å²) in [5, 5.41) is 2.54. The monoisotopic (exact) mass is 265 g/mol. The van der Waals surface area contributed by atoms with Gasteiger partial charge in [0, 0.05) is 25.4 Å². The first-order chi connectivity index (χ1) is 9.18. The highest BCUT2D eigenvalue weighted by molar-refractivity contribution is 5.94. The standard InChI is InChI=1S/C13H13F2N3O/c14-10-4-1-3-9(12(10)15)13(19)18-6-2-5-11-16-7-8-17-11/h1,3-4,7-8H,2,5-6H2,(H,16,17)(H,18,19). The number of aromatic amines is 1. The summed E-state index contributed by atoms with van der Waals surface area (Å²) in [5.74, 6) is -1.93. The molecule has 19 heavy (non-hydrogen) atoms. The molecule has 1 aromatic carbocycles. The van der Waals surface area contributed by atoms with Crippen LogP contribution in [0.4, 0.5) is 8.78 Å². The molecule has 0 spiro atoms. The Hall–Kier alpha value is -2.24. The van der Waals surface area contributed by atoms with Gasteiger partial charge in [-0.2, -0.15) is 0 Å². The molecule has 4 nitrogen and oxygen atoms in total. The first kappa shape index (κ1) is 13.2. The Balaban J connectivity index is 1.83. The summed E-state index contributed by atoms with van der Waals surface area (Å²) in [4.78, 5) is 18.6. The first-order valence-electron chi connectivity index (χ1n) is 5.89. The van der Waals surface area contributed by atoms with Crippen molar-refractivity contribution >= 4 is 5.91 Å². The van der Waals surface area contributed by atoms with Crippen molar-refractivity contribution in [2.75, 3.05) is 6.54 Å². The van der Waals surface area contributed by atoms with E-state index in [4.69, 9.17) is 0 Å². The van der Waals surface area contributed by atoms with Gasteiger partial charge in [0.25, 0.3) is 5.91 Å². The van der Waals surface area contributed by atoms with Crippen molar-refractivity contribution in [3.8, 4) is 0 Å². The third-order valence-corrected chi connectivity index (χ3v) is 2.63. The molecular weight excluding hydrogens is 252 g/mol. The third-order valence-electron chi connectivity index (χ3n) is 2.63. The van der Waals surface area contributed by atoms with Gasteiger partial charge in [0.05, 0.1) is 5.56 Å². The van der Waals surface area contributed by atoms with Crippen molar-refractivity contribution < 1.29 is 13.6 Å². The van der Waals surface area contributed by atoms with Crippen LogP contribution >= 0.6 is 0 Å². The predicted octanol–water partition coefficient (Wildman–Crippen LogP) is 2.05. The van der Waals surface area contributed by atoms with Gasteiger partial charge in [-0.25, -0.2) is 13.8 Å². The fourth-order valence-electron chi connectivity index (χ4n) is 1.67. The van der Waals surface area contributed by atoms with Gasteiger partial charge in [-0.1, -0.05) is 6.07 Å². The second-order valence-electron chi connectivity index (χ2n) is 4.00. The van der Waals surface area contributed by atoms with Gasteiger partial charge in [-0.3, -0.25) is 4.79 Å². The molecule has 1 heterocycles. The number of H-pyrrole nitrogens is 1. The van der Waals surface area contributed by atoms with E-state index in [2.05, 4.69) is 15.3 Å². The van der Waals surface area contributed by atoms with Crippen LogP contribution in [0, 0.1) is 11.6 Å². The zero-order valence-corrected chi connectivity index (χ0v) is 10.1. The molecule has 100 valence electrons. The molecule has 0 aliphatic heterocycles. The molecule has 2 N–H and O–H groups in total. The molecule has 2 aromatic rings. The SMILES string of the molecule is O=C(NCCCc1ncc[nH]1)c1cccc(F)c1F.